The first-order chi connectivity index (χ1) is 19.7. The second-order valence-corrected chi connectivity index (χ2v) is 14.0. The molecule has 0 radical (unpaired) electrons. The van der Waals surface area contributed by atoms with E-state index in [-0.39, 0.29) is 22.0 Å². The number of carbonyl (C=O) groups is 6. The average Bonchev–Trinajstić information content (AvgIpc) is 2.86. The minimum absolute atomic E-state index is 0.0614. The SMILES string of the molecule is COC(=O)[C@H](CC1C(=O)CCCC1=O)N(C(=O)CN(C(=O)OC(C)(C)C)S(=O)(=O)c1ccc(C)cc1)C(=O)OC(C)(C)C. The Morgan fingerprint density at radius 1 is 0.884 bits per heavy atom. The summed E-state index contributed by atoms with van der Waals surface area (Å²) >= 11 is 0. The van der Waals surface area contributed by atoms with Crippen LogP contribution in [-0.2, 0) is 43.4 Å². The number of ether oxygens (including phenoxy) is 3. The van der Waals surface area contributed by atoms with Gasteiger partial charge in [0.25, 0.3) is 15.9 Å². The Kier molecular flexibility index (Phi) is 11.2. The van der Waals surface area contributed by atoms with Gasteiger partial charge >= 0.3 is 18.2 Å². The van der Waals surface area contributed by atoms with Crippen molar-refractivity contribution in [2.24, 2.45) is 5.92 Å². The molecule has 1 aliphatic carbocycles. The number of hydrogen-bond donors (Lipinski definition) is 0. The highest BCUT2D eigenvalue weighted by molar-refractivity contribution is 7.89. The molecule has 1 atom stereocenters. The quantitative estimate of drug-likeness (QED) is 0.235. The Hall–Kier alpha value is -3.81. The molecule has 1 aliphatic rings. The lowest BCUT2D eigenvalue weighted by Gasteiger charge is -2.34. The van der Waals surface area contributed by atoms with E-state index in [1.807, 2.05) is 0 Å². The number of rotatable bonds is 8. The molecule has 0 saturated heterocycles. The lowest BCUT2D eigenvalue weighted by Crippen LogP contribution is -2.56. The molecule has 1 aromatic rings. The number of imide groups is 1. The molecule has 2 rings (SSSR count). The van der Waals surface area contributed by atoms with Crippen LogP contribution in [0.25, 0.3) is 0 Å². The zero-order valence-electron chi connectivity index (χ0n) is 25.8. The maximum atomic E-state index is 13.9. The lowest BCUT2D eigenvalue weighted by atomic mass is 9.82. The maximum absolute atomic E-state index is 13.9. The number of amides is 3. The van der Waals surface area contributed by atoms with E-state index in [9.17, 15) is 37.2 Å². The van der Waals surface area contributed by atoms with Gasteiger partial charge in [0, 0.05) is 12.8 Å². The summed E-state index contributed by atoms with van der Waals surface area (Å²) < 4.78 is 42.9. The average molecular weight is 625 g/mol. The van der Waals surface area contributed by atoms with Gasteiger partial charge in [0.05, 0.1) is 17.9 Å². The molecule has 13 nitrogen and oxygen atoms in total. The summed E-state index contributed by atoms with van der Waals surface area (Å²) in [4.78, 5) is 78.7. The van der Waals surface area contributed by atoms with Gasteiger partial charge in [-0.2, -0.15) is 4.31 Å². The smallest absolute Gasteiger partial charge is 0.424 e. The highest BCUT2D eigenvalue weighted by Gasteiger charge is 2.45. The van der Waals surface area contributed by atoms with Gasteiger partial charge in [-0.1, -0.05) is 17.7 Å². The molecule has 0 heterocycles. The van der Waals surface area contributed by atoms with Gasteiger partial charge in [-0.15, -0.1) is 0 Å². The largest absolute Gasteiger partial charge is 0.467 e. The molecular formula is C29H40N2O11S. The molecule has 0 aliphatic heterocycles. The zero-order chi connectivity index (χ0) is 32.9. The van der Waals surface area contributed by atoms with Crippen LogP contribution in [0.5, 0.6) is 0 Å². The van der Waals surface area contributed by atoms with E-state index in [2.05, 4.69) is 0 Å². The molecule has 14 heteroatoms. The van der Waals surface area contributed by atoms with Crippen LogP contribution < -0.4 is 0 Å². The molecule has 1 fully saturated rings. The molecule has 0 bridgehead atoms. The van der Waals surface area contributed by atoms with Crippen LogP contribution in [0.2, 0.25) is 0 Å². The fraction of sp³-hybridized carbons (Fsp3) is 0.586. The van der Waals surface area contributed by atoms with Crippen molar-refractivity contribution in [2.45, 2.75) is 96.3 Å². The van der Waals surface area contributed by atoms with Crippen LogP contribution in [0, 0.1) is 12.8 Å². The van der Waals surface area contributed by atoms with Crippen molar-refractivity contribution in [3.05, 3.63) is 29.8 Å². The van der Waals surface area contributed by atoms with Gasteiger partial charge in [0.15, 0.2) is 0 Å². The van der Waals surface area contributed by atoms with Crippen molar-refractivity contribution in [1.29, 1.82) is 0 Å². The summed E-state index contributed by atoms with van der Waals surface area (Å²) in [7, 11) is -3.76. The molecule has 3 amide bonds. The van der Waals surface area contributed by atoms with Crippen LogP contribution in [0.4, 0.5) is 9.59 Å². The number of Topliss-reactive ketones (excluding diaryl/α,β-unsaturated/α-hetero) is 2. The Balaban J connectivity index is 2.65. The van der Waals surface area contributed by atoms with Crippen molar-refractivity contribution in [3.63, 3.8) is 0 Å². The molecular weight excluding hydrogens is 584 g/mol. The summed E-state index contributed by atoms with van der Waals surface area (Å²) in [6, 6.07) is 3.58. The highest BCUT2D eigenvalue weighted by Crippen LogP contribution is 2.27. The predicted molar refractivity (Wildman–Crippen MR) is 152 cm³/mol. The standard InChI is InChI=1S/C29H40N2O11S/c1-18-12-14-19(15-13-18)43(38,39)30(26(36)41-28(2,3)4)17-24(34)31(27(37)42-29(5,6)7)21(25(35)40-8)16-20-22(32)10-9-11-23(20)33/h12-15,20-21H,9-11,16-17H2,1-8H3/t21-/m0/s1. The summed E-state index contributed by atoms with van der Waals surface area (Å²) in [5, 5.41) is 0. The van der Waals surface area contributed by atoms with Crippen molar-refractivity contribution < 1.29 is 51.4 Å². The monoisotopic (exact) mass is 624 g/mol. The molecule has 238 valence electrons. The molecule has 43 heavy (non-hydrogen) atoms. The van der Waals surface area contributed by atoms with E-state index in [1.54, 1.807) is 6.92 Å². The molecule has 0 unspecified atom stereocenters. The van der Waals surface area contributed by atoms with Gasteiger partial charge in [-0.3, -0.25) is 14.4 Å². The first-order valence-electron chi connectivity index (χ1n) is 13.7. The second-order valence-electron chi connectivity index (χ2n) is 12.2. The van der Waals surface area contributed by atoms with E-state index in [0.29, 0.717) is 11.3 Å². The number of nitrogens with zero attached hydrogens (tertiary/aromatic N) is 2. The molecule has 0 spiro atoms. The van der Waals surface area contributed by atoms with E-state index in [1.165, 1.54) is 65.8 Å². The first kappa shape index (κ1) is 35.4. The fourth-order valence-corrected chi connectivity index (χ4v) is 5.45. The van der Waals surface area contributed by atoms with Crippen LogP contribution in [0.3, 0.4) is 0 Å². The summed E-state index contributed by atoms with van der Waals surface area (Å²) in [5.74, 6) is -4.77. The number of carbonyl (C=O) groups excluding carboxylic acids is 6. The molecule has 1 aromatic carbocycles. The van der Waals surface area contributed by atoms with Crippen LogP contribution >= 0.6 is 0 Å². The summed E-state index contributed by atoms with van der Waals surface area (Å²) in [6.07, 6.45) is -2.95. The van der Waals surface area contributed by atoms with E-state index < -0.39 is 81.8 Å². The molecule has 0 aromatic heterocycles. The van der Waals surface area contributed by atoms with Crippen molar-refractivity contribution in [1.82, 2.24) is 9.21 Å². The predicted octanol–water partition coefficient (Wildman–Crippen LogP) is 3.55. The topological polar surface area (TPSA) is 171 Å². The van der Waals surface area contributed by atoms with Crippen molar-refractivity contribution in [2.75, 3.05) is 13.7 Å². The number of esters is 1. The Morgan fingerprint density at radius 2 is 1.37 bits per heavy atom. The van der Waals surface area contributed by atoms with Crippen LogP contribution in [0.1, 0.15) is 72.8 Å². The molecule has 1 saturated carbocycles. The highest BCUT2D eigenvalue weighted by atomic mass is 32.2. The van der Waals surface area contributed by atoms with Crippen molar-refractivity contribution >= 4 is 45.7 Å². The van der Waals surface area contributed by atoms with Gasteiger partial charge < -0.3 is 14.2 Å². The van der Waals surface area contributed by atoms with Gasteiger partial charge in [0.2, 0.25) is 0 Å². The minimum atomic E-state index is -4.74. The number of sulfonamides is 1. The number of methoxy groups -OCH3 is 1. The number of ketones is 2. The summed E-state index contributed by atoms with van der Waals surface area (Å²) in [5.41, 5.74) is -1.64. The lowest BCUT2D eigenvalue weighted by molar-refractivity contribution is -0.154. The maximum Gasteiger partial charge on any atom is 0.424 e. The minimum Gasteiger partial charge on any atom is -0.467 e. The number of hydrogen-bond acceptors (Lipinski definition) is 11. The number of aryl methyl sites for hydroxylation is 1. The third-order valence-electron chi connectivity index (χ3n) is 6.21. The molecule has 0 N–H and O–H groups in total. The van der Waals surface area contributed by atoms with Crippen molar-refractivity contribution in [3.8, 4) is 0 Å². The van der Waals surface area contributed by atoms with Gasteiger partial charge in [-0.25, -0.2) is 27.7 Å². The van der Waals surface area contributed by atoms with E-state index in [0.717, 1.165) is 12.7 Å². The van der Waals surface area contributed by atoms with E-state index in [4.69, 9.17) is 14.2 Å². The Morgan fingerprint density at radius 3 is 1.84 bits per heavy atom. The third-order valence-corrected chi connectivity index (χ3v) is 7.94. The van der Waals surface area contributed by atoms with Gasteiger partial charge in [-0.05, 0) is 73.4 Å². The number of benzene rings is 1. The Labute approximate surface area is 251 Å². The van der Waals surface area contributed by atoms with E-state index >= 15 is 0 Å². The van der Waals surface area contributed by atoms with Crippen LogP contribution in [0.15, 0.2) is 29.2 Å². The van der Waals surface area contributed by atoms with Gasteiger partial charge in [0.1, 0.15) is 35.4 Å². The fourth-order valence-electron chi connectivity index (χ4n) is 4.21. The second kappa shape index (κ2) is 13.7. The Bertz CT molecular complexity index is 1340. The first-order valence-corrected chi connectivity index (χ1v) is 15.1. The normalized spacial score (nSPS) is 15.3. The van der Waals surface area contributed by atoms with Crippen LogP contribution in [-0.4, -0.2) is 84.2 Å². The zero-order valence-corrected chi connectivity index (χ0v) is 26.6. The third kappa shape index (κ3) is 9.60. The summed E-state index contributed by atoms with van der Waals surface area (Å²) in [6.45, 7) is 9.37.